The molecule has 1 unspecified atom stereocenters. The normalized spacial score (nSPS) is 16.4. The predicted molar refractivity (Wildman–Crippen MR) is 170 cm³/mol. The van der Waals surface area contributed by atoms with Gasteiger partial charge in [0.05, 0.1) is 16.6 Å². The molecule has 230 valence electrons. The smallest absolute Gasteiger partial charge is 0.261 e. The van der Waals surface area contributed by atoms with Gasteiger partial charge in [-0.25, -0.2) is 9.37 Å². The summed E-state index contributed by atoms with van der Waals surface area (Å²) < 4.78 is 31.9. The van der Waals surface area contributed by atoms with Crippen LogP contribution >= 0.6 is 0 Å². The van der Waals surface area contributed by atoms with E-state index in [1.165, 1.54) is 30.9 Å². The second kappa shape index (κ2) is 12.3. The number of piperidine rings is 1. The summed E-state index contributed by atoms with van der Waals surface area (Å²) in [7, 11) is 3.69. The summed E-state index contributed by atoms with van der Waals surface area (Å²) in [4.78, 5) is 26.4. The van der Waals surface area contributed by atoms with E-state index in [9.17, 15) is 9.18 Å². The lowest BCUT2D eigenvalue weighted by Crippen LogP contribution is -2.42. The number of halogens is 1. The minimum absolute atomic E-state index is 0.0429. The number of rotatable bonds is 8. The van der Waals surface area contributed by atoms with Crippen LogP contribution in [0.3, 0.4) is 0 Å². The molecule has 1 atom stereocenters. The first-order valence-corrected chi connectivity index (χ1v) is 15.2. The Bertz CT molecular complexity index is 1800. The maximum Gasteiger partial charge on any atom is 0.261 e. The van der Waals surface area contributed by atoms with Gasteiger partial charge in [-0.3, -0.25) is 9.69 Å². The number of nitrogens with one attached hydrogen (secondary N) is 1. The molecule has 45 heavy (non-hydrogen) atoms. The lowest BCUT2D eigenvalue weighted by atomic mass is 9.88. The molecule has 0 saturated carbocycles. The van der Waals surface area contributed by atoms with Gasteiger partial charge in [-0.2, -0.15) is 0 Å². The van der Waals surface area contributed by atoms with Gasteiger partial charge in [0.1, 0.15) is 29.2 Å². The fourth-order valence-electron chi connectivity index (χ4n) is 6.39. The summed E-state index contributed by atoms with van der Waals surface area (Å²) in [6, 6.07) is 25.3. The van der Waals surface area contributed by atoms with Crippen molar-refractivity contribution < 1.29 is 23.4 Å². The Hall–Kier alpha value is -4.73. The Morgan fingerprint density at radius 1 is 1.00 bits per heavy atom. The van der Waals surface area contributed by atoms with Crippen molar-refractivity contribution in [1.82, 2.24) is 19.8 Å². The average Bonchev–Trinajstić information content (AvgIpc) is 3.50. The first-order valence-electron chi connectivity index (χ1n) is 15.2. The zero-order valence-corrected chi connectivity index (χ0v) is 25.3. The van der Waals surface area contributed by atoms with Crippen LogP contribution in [0.25, 0.3) is 22.2 Å². The van der Waals surface area contributed by atoms with E-state index < -0.39 is 11.9 Å². The molecule has 0 radical (unpaired) electrons. The molecule has 2 aliphatic heterocycles. The Morgan fingerprint density at radius 3 is 2.56 bits per heavy atom. The van der Waals surface area contributed by atoms with Crippen molar-refractivity contribution >= 4 is 16.9 Å². The number of para-hydroxylation sites is 2. The zero-order chi connectivity index (χ0) is 30.9. The van der Waals surface area contributed by atoms with E-state index in [1.807, 2.05) is 42.5 Å². The van der Waals surface area contributed by atoms with Gasteiger partial charge in [-0.05, 0) is 98.1 Å². The van der Waals surface area contributed by atoms with Crippen molar-refractivity contribution in [1.29, 1.82) is 0 Å². The molecular formula is C36H35FN4O4. The number of hydrogen-bond donors (Lipinski definition) is 1. The summed E-state index contributed by atoms with van der Waals surface area (Å²) in [5.74, 6) is 1.19. The van der Waals surface area contributed by atoms with Gasteiger partial charge < -0.3 is 24.1 Å². The molecular weight excluding hydrogens is 571 g/mol. The molecule has 4 aromatic carbocycles. The summed E-state index contributed by atoms with van der Waals surface area (Å²) in [5, 5.41) is 0. The topological polar surface area (TPSA) is 79.9 Å². The number of amides is 1. The highest BCUT2D eigenvalue weighted by molar-refractivity contribution is 5.99. The molecule has 5 aromatic rings. The number of aromatic amines is 1. The largest absolute Gasteiger partial charge is 0.472 e. The Morgan fingerprint density at radius 2 is 1.78 bits per heavy atom. The third-order valence-corrected chi connectivity index (χ3v) is 8.84. The van der Waals surface area contributed by atoms with Crippen LogP contribution in [0.5, 0.6) is 11.5 Å². The van der Waals surface area contributed by atoms with Crippen LogP contribution in [0.15, 0.2) is 84.9 Å². The van der Waals surface area contributed by atoms with Crippen molar-refractivity contribution in [2.45, 2.75) is 24.8 Å². The molecule has 9 heteroatoms. The molecule has 3 heterocycles. The maximum atomic E-state index is 14.8. The van der Waals surface area contributed by atoms with E-state index in [4.69, 9.17) is 19.2 Å². The van der Waals surface area contributed by atoms with Gasteiger partial charge in [0.15, 0.2) is 13.5 Å². The number of ether oxygens (including phenoxy) is 3. The van der Waals surface area contributed by atoms with Crippen molar-refractivity contribution in [2.24, 2.45) is 0 Å². The van der Waals surface area contributed by atoms with Crippen molar-refractivity contribution in [3.63, 3.8) is 0 Å². The fraction of sp³-hybridized carbons (Fsp3) is 0.278. The zero-order valence-electron chi connectivity index (χ0n) is 25.3. The first kappa shape index (κ1) is 29.0. The van der Waals surface area contributed by atoms with Gasteiger partial charge in [0.25, 0.3) is 5.91 Å². The Kier molecular flexibility index (Phi) is 7.95. The third kappa shape index (κ3) is 5.77. The number of benzene rings is 4. The van der Waals surface area contributed by atoms with Gasteiger partial charge in [0.2, 0.25) is 0 Å². The van der Waals surface area contributed by atoms with Crippen LogP contribution in [0, 0.1) is 5.82 Å². The van der Waals surface area contributed by atoms with E-state index in [0.717, 1.165) is 48.1 Å². The highest BCUT2D eigenvalue weighted by Crippen LogP contribution is 2.40. The third-order valence-electron chi connectivity index (χ3n) is 8.84. The molecule has 1 amide bonds. The highest BCUT2D eigenvalue weighted by Gasteiger charge is 2.37. The van der Waals surface area contributed by atoms with E-state index >= 15 is 0 Å². The molecule has 1 saturated heterocycles. The standard InChI is InChI=1S/C36H35FN4O4/c1-40-17-15-25(16-18-40)23-7-9-24(10-8-23)26-11-13-33-29(19-26)36(42)41(21-44-33)34(35-38-30-5-3-4-6-31(30)39-35)28-20-27(37)12-14-32(28)45-22-43-2/h3-14,19-20,25,34H,15-18,21-22H2,1-2H3,(H,38,39). The second-order valence-corrected chi connectivity index (χ2v) is 11.7. The van der Waals surface area contributed by atoms with Gasteiger partial charge in [-0.1, -0.05) is 42.5 Å². The molecule has 1 N–H and O–H groups in total. The summed E-state index contributed by atoms with van der Waals surface area (Å²) in [6.45, 7) is 2.12. The minimum atomic E-state index is -0.835. The molecule has 0 aliphatic carbocycles. The maximum absolute atomic E-state index is 14.8. The summed E-state index contributed by atoms with van der Waals surface area (Å²) in [6.07, 6.45) is 2.32. The lowest BCUT2D eigenvalue weighted by molar-refractivity contribution is 0.0380. The van der Waals surface area contributed by atoms with Crippen LogP contribution < -0.4 is 9.47 Å². The van der Waals surface area contributed by atoms with Gasteiger partial charge in [0, 0.05) is 12.7 Å². The number of fused-ring (bicyclic) bond motifs is 2. The number of hydrogen-bond acceptors (Lipinski definition) is 6. The van der Waals surface area contributed by atoms with E-state index in [0.29, 0.717) is 34.4 Å². The van der Waals surface area contributed by atoms with Crippen LogP contribution in [-0.2, 0) is 4.74 Å². The van der Waals surface area contributed by atoms with Crippen LogP contribution in [0.2, 0.25) is 0 Å². The number of carbonyl (C=O) groups is 1. The van der Waals surface area contributed by atoms with E-state index in [1.54, 1.807) is 4.90 Å². The summed E-state index contributed by atoms with van der Waals surface area (Å²) in [5.41, 5.74) is 5.66. The van der Waals surface area contributed by atoms with E-state index in [2.05, 4.69) is 41.2 Å². The second-order valence-electron chi connectivity index (χ2n) is 11.7. The molecule has 0 spiro atoms. The lowest BCUT2D eigenvalue weighted by Gasteiger charge is -2.35. The van der Waals surface area contributed by atoms with Crippen molar-refractivity contribution in [3.8, 4) is 22.6 Å². The molecule has 1 fully saturated rings. The van der Waals surface area contributed by atoms with Gasteiger partial charge in [-0.15, -0.1) is 0 Å². The van der Waals surface area contributed by atoms with Crippen molar-refractivity contribution in [2.75, 3.05) is 40.8 Å². The molecule has 8 nitrogen and oxygen atoms in total. The number of likely N-dealkylation sites (tertiary alicyclic amines) is 1. The highest BCUT2D eigenvalue weighted by atomic mass is 19.1. The number of methoxy groups -OCH3 is 1. The molecule has 1 aromatic heterocycles. The number of H-pyrrole nitrogens is 1. The fourth-order valence-corrected chi connectivity index (χ4v) is 6.39. The number of aromatic nitrogens is 2. The monoisotopic (exact) mass is 606 g/mol. The Labute approximate surface area is 261 Å². The van der Waals surface area contributed by atoms with E-state index in [-0.39, 0.29) is 19.4 Å². The molecule has 2 aliphatic rings. The quantitative estimate of drug-likeness (QED) is 0.197. The number of imidazole rings is 1. The molecule has 7 rings (SSSR count). The van der Waals surface area contributed by atoms with Crippen molar-refractivity contribution in [3.05, 3.63) is 113 Å². The minimum Gasteiger partial charge on any atom is -0.472 e. The first-order chi connectivity index (χ1) is 22.0. The van der Waals surface area contributed by atoms with Crippen LogP contribution in [0.4, 0.5) is 4.39 Å². The Balaban J connectivity index is 1.24. The SMILES string of the molecule is COCOc1ccc(F)cc1C(c1nc2ccccc2[nH]1)N1COc2ccc(-c3ccc(C4CCN(C)CC4)cc3)cc2C1=O. The predicted octanol–water partition coefficient (Wildman–Crippen LogP) is 6.74. The number of carbonyl (C=O) groups excluding carboxylic acids is 1. The average molecular weight is 607 g/mol. The molecule has 0 bridgehead atoms. The summed E-state index contributed by atoms with van der Waals surface area (Å²) >= 11 is 0. The van der Waals surface area contributed by atoms with Gasteiger partial charge >= 0.3 is 0 Å². The van der Waals surface area contributed by atoms with Crippen LogP contribution in [-0.4, -0.2) is 66.4 Å². The van der Waals surface area contributed by atoms with Crippen LogP contribution in [0.1, 0.15) is 52.1 Å². The number of nitrogens with zero attached hydrogens (tertiary/aromatic N) is 3.